The highest BCUT2D eigenvalue weighted by Crippen LogP contribution is 2.31. The van der Waals surface area contributed by atoms with Crippen LogP contribution in [0.1, 0.15) is 52.9 Å². The third-order valence-electron chi connectivity index (χ3n) is 3.48. The van der Waals surface area contributed by atoms with E-state index in [-0.39, 0.29) is 11.5 Å². The number of hydrogen-bond donors (Lipinski definition) is 0. The average Bonchev–Trinajstić information content (AvgIpc) is 2.42. The first kappa shape index (κ1) is 17.5. The number of ether oxygens (including phenoxy) is 3. The van der Waals surface area contributed by atoms with Gasteiger partial charge in [-0.2, -0.15) is 0 Å². The molecule has 5 heteroatoms. The third-order valence-corrected chi connectivity index (χ3v) is 3.48. The van der Waals surface area contributed by atoms with E-state index in [1.807, 2.05) is 0 Å². The van der Waals surface area contributed by atoms with Gasteiger partial charge in [0.05, 0.1) is 12.7 Å². The molecule has 1 unspecified atom stereocenters. The van der Waals surface area contributed by atoms with Gasteiger partial charge >= 0.3 is 12.1 Å². The van der Waals surface area contributed by atoms with Crippen LogP contribution in [0.25, 0.3) is 0 Å². The Kier molecular flexibility index (Phi) is 6.24. The molecule has 0 bridgehead atoms. The minimum absolute atomic E-state index is 0.0952. The van der Waals surface area contributed by atoms with Gasteiger partial charge in [0.25, 0.3) is 0 Å². The van der Waals surface area contributed by atoms with Gasteiger partial charge in [0.1, 0.15) is 11.7 Å². The lowest BCUT2D eigenvalue weighted by atomic mass is 9.83. The molecule has 0 amide bonds. The first-order valence-corrected chi connectivity index (χ1v) is 7.41. The third kappa shape index (κ3) is 5.78. The fraction of sp³-hybridized carbons (Fsp3) is 0.750. The van der Waals surface area contributed by atoms with Gasteiger partial charge < -0.3 is 14.2 Å². The predicted octanol–water partition coefficient (Wildman–Crippen LogP) is 3.62. The molecule has 1 aliphatic rings. The lowest BCUT2D eigenvalue weighted by Crippen LogP contribution is -2.35. The van der Waals surface area contributed by atoms with Gasteiger partial charge in [0.15, 0.2) is 0 Å². The highest BCUT2D eigenvalue weighted by molar-refractivity contribution is 5.89. The van der Waals surface area contributed by atoms with Crippen molar-refractivity contribution in [3.8, 4) is 0 Å². The summed E-state index contributed by atoms with van der Waals surface area (Å²) in [6.45, 7) is 9.03. The topological polar surface area (TPSA) is 61.8 Å². The summed E-state index contributed by atoms with van der Waals surface area (Å²) in [5.74, 6) is -0.452. The number of esters is 1. The molecule has 0 N–H and O–H groups in total. The van der Waals surface area contributed by atoms with Crippen molar-refractivity contribution in [2.24, 2.45) is 5.92 Å². The second kappa shape index (κ2) is 7.48. The van der Waals surface area contributed by atoms with Crippen LogP contribution in [0.3, 0.4) is 0 Å². The Morgan fingerprint density at radius 2 is 1.71 bits per heavy atom. The zero-order chi connectivity index (χ0) is 16.0. The summed E-state index contributed by atoms with van der Waals surface area (Å²) in [4.78, 5) is 23.6. The van der Waals surface area contributed by atoms with Crippen molar-refractivity contribution in [3.05, 3.63) is 12.2 Å². The van der Waals surface area contributed by atoms with Gasteiger partial charge in [-0.25, -0.2) is 9.59 Å². The molecule has 1 aliphatic carbocycles. The minimum Gasteiger partial charge on any atom is -0.466 e. The highest BCUT2D eigenvalue weighted by atomic mass is 16.7. The summed E-state index contributed by atoms with van der Waals surface area (Å²) in [5.41, 5.74) is -0.462. The Labute approximate surface area is 126 Å². The normalized spacial score (nSPS) is 17.7. The van der Waals surface area contributed by atoms with Gasteiger partial charge in [-0.1, -0.05) is 25.8 Å². The summed E-state index contributed by atoms with van der Waals surface area (Å²) in [6, 6.07) is 0. The summed E-state index contributed by atoms with van der Waals surface area (Å²) >= 11 is 0. The molecule has 21 heavy (non-hydrogen) atoms. The molecule has 1 rings (SSSR count). The van der Waals surface area contributed by atoms with E-state index in [9.17, 15) is 9.59 Å². The summed E-state index contributed by atoms with van der Waals surface area (Å²) in [7, 11) is 1.29. The van der Waals surface area contributed by atoms with Gasteiger partial charge in [0, 0.05) is 5.92 Å². The quantitative estimate of drug-likeness (QED) is 0.586. The number of carbonyl (C=O) groups is 2. The van der Waals surface area contributed by atoms with Crippen LogP contribution in [-0.4, -0.2) is 30.9 Å². The maximum Gasteiger partial charge on any atom is 0.509 e. The van der Waals surface area contributed by atoms with Crippen LogP contribution in [0, 0.1) is 5.92 Å². The molecule has 0 saturated heterocycles. The van der Waals surface area contributed by atoms with Gasteiger partial charge in [-0.3, -0.25) is 0 Å². The largest absolute Gasteiger partial charge is 0.509 e. The van der Waals surface area contributed by atoms with Gasteiger partial charge in [0.2, 0.25) is 0 Å². The molecule has 0 aliphatic heterocycles. The van der Waals surface area contributed by atoms with Crippen LogP contribution < -0.4 is 0 Å². The van der Waals surface area contributed by atoms with Crippen molar-refractivity contribution < 1.29 is 23.8 Å². The van der Waals surface area contributed by atoms with E-state index in [4.69, 9.17) is 14.2 Å². The van der Waals surface area contributed by atoms with Crippen LogP contribution in [0.2, 0.25) is 0 Å². The molecule has 0 aromatic carbocycles. The second-order valence-corrected chi connectivity index (χ2v) is 6.42. The molecular weight excluding hydrogens is 272 g/mol. The van der Waals surface area contributed by atoms with Crippen LogP contribution >= 0.6 is 0 Å². The molecule has 0 aromatic rings. The van der Waals surface area contributed by atoms with E-state index in [2.05, 4.69) is 6.58 Å². The number of carbonyl (C=O) groups excluding carboxylic acids is 2. The fourth-order valence-electron chi connectivity index (χ4n) is 2.51. The average molecular weight is 298 g/mol. The van der Waals surface area contributed by atoms with Crippen LogP contribution in [0.5, 0.6) is 0 Å². The van der Waals surface area contributed by atoms with Crippen LogP contribution in [0.15, 0.2) is 12.2 Å². The Morgan fingerprint density at radius 1 is 1.14 bits per heavy atom. The lowest BCUT2D eigenvalue weighted by molar-refractivity contribution is -0.138. The Hall–Kier alpha value is -1.52. The standard InChI is InChI=1S/C16H26O5/c1-11(14(17)19-5)13(12-9-7-6-8-10-12)20-15(18)21-16(2,3)4/h12-13H,1,6-10H2,2-5H3. The van der Waals surface area contributed by atoms with Crippen molar-refractivity contribution in [3.63, 3.8) is 0 Å². The highest BCUT2D eigenvalue weighted by Gasteiger charge is 2.34. The SMILES string of the molecule is C=C(C(=O)OC)C(OC(=O)OC(C)(C)C)C1CCCCC1. The van der Waals surface area contributed by atoms with Crippen molar-refractivity contribution in [2.75, 3.05) is 7.11 Å². The van der Waals surface area contributed by atoms with Crippen LogP contribution in [0.4, 0.5) is 4.79 Å². The summed E-state index contributed by atoms with van der Waals surface area (Å²) < 4.78 is 15.3. The van der Waals surface area contributed by atoms with Crippen LogP contribution in [-0.2, 0) is 19.0 Å². The maximum atomic E-state index is 11.9. The summed E-state index contributed by atoms with van der Waals surface area (Å²) in [6.07, 6.45) is 3.66. The lowest BCUT2D eigenvalue weighted by Gasteiger charge is -2.31. The monoisotopic (exact) mass is 298 g/mol. The van der Waals surface area contributed by atoms with Crippen molar-refractivity contribution in [1.82, 2.24) is 0 Å². The molecule has 0 spiro atoms. The molecule has 1 fully saturated rings. The van der Waals surface area contributed by atoms with E-state index in [0.29, 0.717) is 0 Å². The Bertz CT molecular complexity index is 388. The fourth-order valence-corrected chi connectivity index (χ4v) is 2.51. The first-order valence-electron chi connectivity index (χ1n) is 7.41. The van der Waals surface area contributed by atoms with E-state index in [1.165, 1.54) is 13.5 Å². The Morgan fingerprint density at radius 3 is 2.19 bits per heavy atom. The van der Waals surface area contributed by atoms with E-state index in [0.717, 1.165) is 25.7 Å². The number of hydrogen-bond acceptors (Lipinski definition) is 5. The Balaban J connectivity index is 2.78. The molecule has 0 aromatic heterocycles. The van der Waals surface area contributed by atoms with E-state index < -0.39 is 23.8 Å². The second-order valence-electron chi connectivity index (χ2n) is 6.42. The van der Waals surface area contributed by atoms with Gasteiger partial charge in [-0.15, -0.1) is 0 Å². The molecule has 1 atom stereocenters. The van der Waals surface area contributed by atoms with Crippen molar-refractivity contribution in [1.29, 1.82) is 0 Å². The van der Waals surface area contributed by atoms with E-state index in [1.54, 1.807) is 20.8 Å². The summed E-state index contributed by atoms with van der Waals surface area (Å²) in [5, 5.41) is 0. The molecule has 1 saturated carbocycles. The van der Waals surface area contributed by atoms with Gasteiger partial charge in [-0.05, 0) is 33.6 Å². The zero-order valence-electron chi connectivity index (χ0n) is 13.4. The van der Waals surface area contributed by atoms with Crippen molar-refractivity contribution >= 4 is 12.1 Å². The molecule has 0 heterocycles. The molecule has 120 valence electrons. The first-order chi connectivity index (χ1) is 9.74. The molecule has 0 radical (unpaired) electrons. The predicted molar refractivity (Wildman–Crippen MR) is 78.8 cm³/mol. The number of rotatable bonds is 4. The number of methoxy groups -OCH3 is 1. The maximum absolute atomic E-state index is 11.9. The molecule has 5 nitrogen and oxygen atoms in total. The van der Waals surface area contributed by atoms with E-state index >= 15 is 0 Å². The van der Waals surface area contributed by atoms with Crippen molar-refractivity contribution in [2.45, 2.75) is 64.6 Å². The molecular formula is C16H26O5. The minimum atomic E-state index is -0.775. The smallest absolute Gasteiger partial charge is 0.466 e. The zero-order valence-corrected chi connectivity index (χ0v) is 13.4.